The molecule has 0 aliphatic heterocycles. The number of nitrogens with two attached hydrogens (primary N) is 1. The first kappa shape index (κ1) is 14.0. The molecule has 0 atom stereocenters. The lowest BCUT2D eigenvalue weighted by atomic mass is 10.1. The molecule has 0 saturated carbocycles. The molecule has 0 aliphatic rings. The Hall–Kier alpha value is -2.92. The summed E-state index contributed by atoms with van der Waals surface area (Å²) in [5.41, 5.74) is 7.49. The third kappa shape index (κ3) is 2.62. The number of benzene rings is 2. The molecule has 22 heavy (non-hydrogen) atoms. The first-order valence-corrected chi connectivity index (χ1v) is 6.86. The van der Waals surface area contributed by atoms with Gasteiger partial charge < -0.3 is 10.8 Å². The zero-order valence-electron chi connectivity index (χ0n) is 11.8. The van der Waals surface area contributed by atoms with Gasteiger partial charge in [0.25, 0.3) is 5.56 Å². The van der Waals surface area contributed by atoms with Gasteiger partial charge in [-0.3, -0.25) is 14.8 Å². The summed E-state index contributed by atoms with van der Waals surface area (Å²) < 4.78 is 0. The summed E-state index contributed by atoms with van der Waals surface area (Å²) in [6.45, 7) is 0.481. The van der Waals surface area contributed by atoms with Gasteiger partial charge in [-0.05, 0) is 23.8 Å². The Morgan fingerprint density at radius 1 is 1.09 bits per heavy atom. The minimum Gasteiger partial charge on any atom is -0.494 e. The molecule has 2 aromatic carbocycles. The molecule has 0 radical (unpaired) electrons. The number of aliphatic imine (C=N–C) groups is 1. The Balaban J connectivity index is 2.06. The topological polar surface area (TPSA) is 91.5 Å². The van der Waals surface area contributed by atoms with Crippen LogP contribution in [0.5, 0.6) is 5.88 Å². The van der Waals surface area contributed by atoms with Crippen molar-refractivity contribution in [2.24, 2.45) is 10.7 Å². The van der Waals surface area contributed by atoms with Crippen LogP contribution in [0.3, 0.4) is 0 Å². The summed E-state index contributed by atoms with van der Waals surface area (Å²) in [5.74, 6) is -0.189. The van der Waals surface area contributed by atoms with Crippen LogP contribution in [0.1, 0.15) is 11.1 Å². The highest BCUT2D eigenvalue weighted by Gasteiger charge is 2.08. The highest BCUT2D eigenvalue weighted by Crippen LogP contribution is 2.21. The largest absolute Gasteiger partial charge is 0.494 e. The molecule has 4 N–H and O–H groups in total. The van der Waals surface area contributed by atoms with E-state index in [9.17, 15) is 9.90 Å². The Morgan fingerprint density at radius 2 is 1.77 bits per heavy atom. The van der Waals surface area contributed by atoms with Crippen molar-refractivity contribution < 1.29 is 5.11 Å². The van der Waals surface area contributed by atoms with E-state index in [0.29, 0.717) is 22.9 Å². The van der Waals surface area contributed by atoms with Gasteiger partial charge >= 0.3 is 0 Å². The van der Waals surface area contributed by atoms with Gasteiger partial charge in [-0.25, -0.2) is 0 Å². The summed E-state index contributed by atoms with van der Waals surface area (Å²) in [7, 11) is 0. The van der Waals surface area contributed by atoms with Crippen molar-refractivity contribution in [1.82, 2.24) is 4.98 Å². The standard InChI is InChI=1S/C17H15N3O2/c18-9-11-5-7-12(8-6-11)19-10-15-13-3-1-2-4-14(13)16(21)20-17(15)22/h1-8,10H,9,18H2,(H2,20,21,22). The molecule has 0 aliphatic carbocycles. The molecule has 0 saturated heterocycles. The number of rotatable bonds is 3. The number of hydrogen-bond acceptors (Lipinski definition) is 4. The highest BCUT2D eigenvalue weighted by molar-refractivity contribution is 6.01. The number of fused-ring (bicyclic) bond motifs is 1. The van der Waals surface area contributed by atoms with Crippen molar-refractivity contribution in [3.05, 3.63) is 70.0 Å². The number of nitrogens with one attached hydrogen (secondary N) is 1. The van der Waals surface area contributed by atoms with Gasteiger partial charge in [-0.1, -0.05) is 30.3 Å². The van der Waals surface area contributed by atoms with Crippen LogP contribution in [0, 0.1) is 0 Å². The zero-order valence-corrected chi connectivity index (χ0v) is 11.8. The van der Waals surface area contributed by atoms with E-state index in [-0.39, 0.29) is 11.4 Å². The van der Waals surface area contributed by atoms with Crippen LogP contribution in [0.4, 0.5) is 5.69 Å². The Kier molecular flexibility index (Phi) is 3.72. The number of nitrogens with zero attached hydrogens (tertiary/aromatic N) is 1. The lowest BCUT2D eigenvalue weighted by Gasteiger charge is -2.04. The van der Waals surface area contributed by atoms with Gasteiger partial charge in [-0.15, -0.1) is 0 Å². The van der Waals surface area contributed by atoms with E-state index >= 15 is 0 Å². The Labute approximate surface area is 126 Å². The first-order chi connectivity index (χ1) is 10.7. The second-order valence-electron chi connectivity index (χ2n) is 4.89. The molecule has 1 heterocycles. The van der Waals surface area contributed by atoms with Gasteiger partial charge in [0.1, 0.15) is 0 Å². The summed E-state index contributed by atoms with van der Waals surface area (Å²) in [4.78, 5) is 18.6. The van der Waals surface area contributed by atoms with Crippen molar-refractivity contribution >= 4 is 22.7 Å². The molecule has 5 heteroatoms. The van der Waals surface area contributed by atoms with Crippen molar-refractivity contribution in [3.63, 3.8) is 0 Å². The summed E-state index contributed by atoms with van der Waals surface area (Å²) in [5, 5.41) is 11.2. The predicted octanol–water partition coefficient (Wildman–Crippen LogP) is 2.44. The first-order valence-electron chi connectivity index (χ1n) is 6.86. The zero-order chi connectivity index (χ0) is 15.5. The number of aromatic nitrogens is 1. The predicted molar refractivity (Wildman–Crippen MR) is 87.8 cm³/mol. The number of aromatic amines is 1. The molecule has 1 aromatic heterocycles. The average Bonchev–Trinajstić information content (AvgIpc) is 2.55. The van der Waals surface area contributed by atoms with E-state index in [1.165, 1.54) is 0 Å². The van der Waals surface area contributed by atoms with E-state index in [0.717, 1.165) is 11.3 Å². The number of H-pyrrole nitrogens is 1. The van der Waals surface area contributed by atoms with Gasteiger partial charge in [0.05, 0.1) is 11.3 Å². The van der Waals surface area contributed by atoms with Gasteiger partial charge in [0.15, 0.2) is 0 Å². The lowest BCUT2D eigenvalue weighted by molar-refractivity contribution is 0.452. The second-order valence-corrected chi connectivity index (χ2v) is 4.89. The third-order valence-electron chi connectivity index (χ3n) is 3.46. The van der Waals surface area contributed by atoms with Crippen molar-refractivity contribution in [2.75, 3.05) is 0 Å². The van der Waals surface area contributed by atoms with E-state index in [4.69, 9.17) is 5.73 Å². The number of hydrogen-bond donors (Lipinski definition) is 3. The molecular weight excluding hydrogens is 278 g/mol. The Bertz CT molecular complexity index is 896. The fraction of sp³-hybridized carbons (Fsp3) is 0.0588. The normalized spacial score (nSPS) is 11.3. The maximum atomic E-state index is 11.8. The van der Waals surface area contributed by atoms with Gasteiger partial charge in [0.2, 0.25) is 5.88 Å². The molecule has 0 fully saturated rings. The average molecular weight is 293 g/mol. The van der Waals surface area contributed by atoms with E-state index in [2.05, 4.69) is 9.98 Å². The quantitative estimate of drug-likeness (QED) is 0.648. The van der Waals surface area contributed by atoms with Gasteiger partial charge in [0, 0.05) is 23.5 Å². The number of aromatic hydroxyl groups is 1. The minimum atomic E-state index is -0.322. The van der Waals surface area contributed by atoms with Crippen LogP contribution in [-0.4, -0.2) is 16.3 Å². The summed E-state index contributed by atoms with van der Waals surface area (Å²) >= 11 is 0. The fourth-order valence-electron chi connectivity index (χ4n) is 2.27. The molecule has 110 valence electrons. The molecule has 5 nitrogen and oxygen atoms in total. The molecular formula is C17H15N3O2. The van der Waals surface area contributed by atoms with Crippen LogP contribution < -0.4 is 11.3 Å². The van der Waals surface area contributed by atoms with Crippen LogP contribution in [0.25, 0.3) is 10.8 Å². The molecule has 0 spiro atoms. The Morgan fingerprint density at radius 3 is 2.45 bits per heavy atom. The molecule has 3 aromatic rings. The molecule has 0 unspecified atom stereocenters. The van der Waals surface area contributed by atoms with Crippen molar-refractivity contribution in [2.45, 2.75) is 6.54 Å². The molecule has 0 bridgehead atoms. The minimum absolute atomic E-state index is 0.189. The third-order valence-corrected chi connectivity index (χ3v) is 3.46. The van der Waals surface area contributed by atoms with Crippen LogP contribution >= 0.6 is 0 Å². The van der Waals surface area contributed by atoms with Crippen molar-refractivity contribution in [1.29, 1.82) is 0 Å². The lowest BCUT2D eigenvalue weighted by Crippen LogP contribution is -2.07. The van der Waals surface area contributed by atoms with E-state index in [1.807, 2.05) is 30.3 Å². The summed E-state index contributed by atoms with van der Waals surface area (Å²) in [6, 6.07) is 14.6. The smallest absolute Gasteiger partial charge is 0.258 e. The fourth-order valence-corrected chi connectivity index (χ4v) is 2.27. The van der Waals surface area contributed by atoms with Crippen LogP contribution in [0.15, 0.2) is 58.3 Å². The monoisotopic (exact) mass is 293 g/mol. The van der Waals surface area contributed by atoms with Crippen LogP contribution in [0.2, 0.25) is 0 Å². The maximum absolute atomic E-state index is 11.8. The number of pyridine rings is 1. The van der Waals surface area contributed by atoms with E-state index < -0.39 is 0 Å². The van der Waals surface area contributed by atoms with Crippen LogP contribution in [-0.2, 0) is 6.54 Å². The molecule has 0 amide bonds. The van der Waals surface area contributed by atoms with E-state index in [1.54, 1.807) is 24.4 Å². The SMILES string of the molecule is NCc1ccc(N=Cc2c(O)[nH]c(=O)c3ccccc23)cc1. The van der Waals surface area contributed by atoms with Crippen molar-refractivity contribution in [3.8, 4) is 5.88 Å². The summed E-state index contributed by atoms with van der Waals surface area (Å²) in [6.07, 6.45) is 1.55. The van der Waals surface area contributed by atoms with Gasteiger partial charge in [-0.2, -0.15) is 0 Å². The highest BCUT2D eigenvalue weighted by atomic mass is 16.3. The maximum Gasteiger partial charge on any atom is 0.258 e. The molecule has 3 rings (SSSR count). The second kappa shape index (κ2) is 5.83.